The van der Waals surface area contributed by atoms with Crippen LogP contribution in [0.15, 0.2) is 42.5 Å². The molecule has 0 radical (unpaired) electrons. The smallest absolute Gasteiger partial charge is 0.311 e. The number of nitrogens with zero attached hydrogens (tertiary/aromatic N) is 1. The molecule has 146 valence electrons. The topological polar surface area (TPSA) is 75.7 Å². The van der Waals surface area contributed by atoms with Gasteiger partial charge in [-0.25, -0.2) is 0 Å². The number of rotatable bonds is 5. The van der Waals surface area contributed by atoms with Crippen LogP contribution in [0.25, 0.3) is 0 Å². The van der Waals surface area contributed by atoms with Gasteiger partial charge in [0.05, 0.1) is 5.92 Å². The van der Waals surface area contributed by atoms with Crippen LogP contribution in [0.5, 0.6) is 0 Å². The number of para-hydroxylation sites is 1. The molecule has 2 amide bonds. The number of hydrogen-bond acceptors (Lipinski definition) is 4. The molecule has 1 heterocycles. The van der Waals surface area contributed by atoms with E-state index in [1.807, 2.05) is 38.1 Å². The zero-order valence-electron chi connectivity index (χ0n) is 15.7. The van der Waals surface area contributed by atoms with Crippen LogP contribution in [0.3, 0.4) is 0 Å². The maximum atomic E-state index is 12.3. The van der Waals surface area contributed by atoms with Crippen LogP contribution in [0.1, 0.15) is 17.5 Å². The average Bonchev–Trinajstić information content (AvgIpc) is 3.05. The van der Waals surface area contributed by atoms with Crippen molar-refractivity contribution in [2.24, 2.45) is 5.92 Å². The number of anilines is 2. The summed E-state index contributed by atoms with van der Waals surface area (Å²) in [7, 11) is 0. The Hall–Kier alpha value is -2.86. The summed E-state index contributed by atoms with van der Waals surface area (Å²) >= 11 is 5.93. The van der Waals surface area contributed by atoms with Gasteiger partial charge in [-0.2, -0.15) is 0 Å². The predicted molar refractivity (Wildman–Crippen MR) is 107 cm³/mol. The zero-order valence-corrected chi connectivity index (χ0v) is 16.5. The molecular weight excluding hydrogens is 380 g/mol. The lowest BCUT2D eigenvalue weighted by atomic mass is 10.1. The van der Waals surface area contributed by atoms with Gasteiger partial charge in [0.15, 0.2) is 6.61 Å². The summed E-state index contributed by atoms with van der Waals surface area (Å²) < 4.78 is 5.13. The van der Waals surface area contributed by atoms with Gasteiger partial charge in [-0.1, -0.05) is 35.9 Å². The summed E-state index contributed by atoms with van der Waals surface area (Å²) in [5.41, 5.74) is 3.16. The van der Waals surface area contributed by atoms with Crippen LogP contribution in [0.2, 0.25) is 5.02 Å². The van der Waals surface area contributed by atoms with Crippen molar-refractivity contribution < 1.29 is 19.1 Å². The van der Waals surface area contributed by atoms with Gasteiger partial charge in [-0.05, 0) is 43.2 Å². The molecule has 2 aromatic carbocycles. The fraction of sp³-hybridized carbons (Fsp3) is 0.286. The van der Waals surface area contributed by atoms with E-state index in [4.69, 9.17) is 16.3 Å². The fourth-order valence-corrected chi connectivity index (χ4v) is 3.31. The molecule has 0 unspecified atom stereocenters. The number of nitrogens with one attached hydrogen (secondary N) is 1. The van der Waals surface area contributed by atoms with E-state index in [9.17, 15) is 14.4 Å². The molecule has 28 heavy (non-hydrogen) atoms. The maximum absolute atomic E-state index is 12.3. The second-order valence-electron chi connectivity index (χ2n) is 6.81. The highest BCUT2D eigenvalue weighted by atomic mass is 35.5. The van der Waals surface area contributed by atoms with Gasteiger partial charge in [0.2, 0.25) is 5.91 Å². The van der Waals surface area contributed by atoms with Gasteiger partial charge in [0.1, 0.15) is 0 Å². The van der Waals surface area contributed by atoms with E-state index < -0.39 is 24.4 Å². The van der Waals surface area contributed by atoms with E-state index in [2.05, 4.69) is 5.32 Å². The van der Waals surface area contributed by atoms with Gasteiger partial charge < -0.3 is 15.0 Å². The number of benzene rings is 2. The molecule has 1 aliphatic heterocycles. The second-order valence-corrected chi connectivity index (χ2v) is 7.24. The van der Waals surface area contributed by atoms with Crippen molar-refractivity contribution in [1.29, 1.82) is 0 Å². The first-order valence-corrected chi connectivity index (χ1v) is 9.31. The highest BCUT2D eigenvalue weighted by Crippen LogP contribution is 2.28. The predicted octanol–water partition coefficient (Wildman–Crippen LogP) is 3.49. The number of aryl methyl sites for hydroxylation is 2. The average molecular weight is 401 g/mol. The Morgan fingerprint density at radius 3 is 2.68 bits per heavy atom. The third-order valence-corrected chi connectivity index (χ3v) is 4.92. The largest absolute Gasteiger partial charge is 0.455 e. The molecule has 1 N–H and O–H groups in total. The Morgan fingerprint density at radius 2 is 1.93 bits per heavy atom. The first kappa shape index (κ1) is 19.9. The van der Waals surface area contributed by atoms with Crippen molar-refractivity contribution in [3.8, 4) is 0 Å². The SMILES string of the molecule is Cc1ccc(Cl)cc1NC(=O)COC(=O)[C@@H]1CC(=O)N(c2ccccc2C)C1. The molecule has 0 bridgehead atoms. The van der Waals surface area contributed by atoms with E-state index in [-0.39, 0.29) is 18.9 Å². The van der Waals surface area contributed by atoms with E-state index in [0.29, 0.717) is 10.7 Å². The molecule has 0 spiro atoms. The molecule has 6 nitrogen and oxygen atoms in total. The Balaban J connectivity index is 1.55. The Labute approximate surface area is 168 Å². The highest BCUT2D eigenvalue weighted by Gasteiger charge is 2.36. The van der Waals surface area contributed by atoms with Crippen molar-refractivity contribution in [3.63, 3.8) is 0 Å². The molecule has 1 fully saturated rings. The lowest BCUT2D eigenvalue weighted by Gasteiger charge is -2.18. The summed E-state index contributed by atoms with van der Waals surface area (Å²) in [4.78, 5) is 38.3. The van der Waals surface area contributed by atoms with Crippen LogP contribution >= 0.6 is 11.6 Å². The molecule has 2 aromatic rings. The lowest BCUT2D eigenvalue weighted by molar-refractivity contribution is -0.151. The number of carbonyl (C=O) groups excluding carboxylic acids is 3. The number of halogens is 1. The summed E-state index contributed by atoms with van der Waals surface area (Å²) in [6.07, 6.45) is 0.0716. The standard InChI is InChI=1S/C21H21ClN2O4/c1-13-7-8-16(22)10-17(13)23-19(25)12-28-21(27)15-9-20(26)24(11-15)18-6-4-3-5-14(18)2/h3-8,10,15H,9,11-12H2,1-2H3,(H,23,25)/t15-/m1/s1. The molecule has 1 saturated heterocycles. The third-order valence-electron chi connectivity index (χ3n) is 4.68. The van der Waals surface area contributed by atoms with Crippen LogP contribution in [0, 0.1) is 19.8 Å². The normalized spacial score (nSPS) is 16.2. The minimum absolute atomic E-state index is 0.0716. The summed E-state index contributed by atoms with van der Waals surface area (Å²) in [6.45, 7) is 3.58. The van der Waals surface area contributed by atoms with E-state index >= 15 is 0 Å². The third kappa shape index (κ3) is 4.51. The molecular formula is C21H21ClN2O4. The number of ether oxygens (including phenoxy) is 1. The van der Waals surface area contributed by atoms with Crippen LogP contribution in [0.4, 0.5) is 11.4 Å². The first-order chi connectivity index (χ1) is 13.3. The quantitative estimate of drug-likeness (QED) is 0.779. The van der Waals surface area contributed by atoms with E-state index in [1.165, 1.54) is 0 Å². The Morgan fingerprint density at radius 1 is 1.18 bits per heavy atom. The molecule has 7 heteroatoms. The minimum atomic E-state index is -0.590. The number of esters is 1. The van der Waals surface area contributed by atoms with Gasteiger partial charge in [0.25, 0.3) is 5.91 Å². The number of amides is 2. The van der Waals surface area contributed by atoms with Crippen molar-refractivity contribution in [2.45, 2.75) is 20.3 Å². The fourth-order valence-electron chi connectivity index (χ4n) is 3.13. The molecule has 1 aliphatic rings. The monoisotopic (exact) mass is 400 g/mol. The van der Waals surface area contributed by atoms with Gasteiger partial charge in [-0.3, -0.25) is 14.4 Å². The number of carbonyl (C=O) groups is 3. The van der Waals surface area contributed by atoms with Crippen molar-refractivity contribution >= 4 is 40.8 Å². The summed E-state index contributed by atoms with van der Waals surface area (Å²) in [6, 6.07) is 12.7. The van der Waals surface area contributed by atoms with Crippen molar-refractivity contribution in [3.05, 3.63) is 58.6 Å². The molecule has 3 rings (SSSR count). The first-order valence-electron chi connectivity index (χ1n) is 8.94. The molecule has 0 aliphatic carbocycles. The van der Waals surface area contributed by atoms with Gasteiger partial charge in [0, 0.05) is 29.4 Å². The zero-order chi connectivity index (χ0) is 20.3. The van der Waals surface area contributed by atoms with Crippen LogP contribution in [-0.4, -0.2) is 30.9 Å². The van der Waals surface area contributed by atoms with Crippen LogP contribution in [-0.2, 0) is 19.1 Å². The molecule has 0 saturated carbocycles. The molecule has 0 aromatic heterocycles. The summed E-state index contributed by atoms with van der Waals surface area (Å²) in [5.74, 6) is -1.73. The van der Waals surface area contributed by atoms with E-state index in [1.54, 1.807) is 23.1 Å². The van der Waals surface area contributed by atoms with Crippen LogP contribution < -0.4 is 10.2 Å². The van der Waals surface area contributed by atoms with Gasteiger partial charge in [-0.15, -0.1) is 0 Å². The van der Waals surface area contributed by atoms with Gasteiger partial charge >= 0.3 is 5.97 Å². The number of hydrogen-bond donors (Lipinski definition) is 1. The van der Waals surface area contributed by atoms with Crippen molar-refractivity contribution in [1.82, 2.24) is 0 Å². The second kappa shape index (κ2) is 8.44. The molecule has 1 atom stereocenters. The van der Waals surface area contributed by atoms with E-state index in [0.717, 1.165) is 16.8 Å². The summed E-state index contributed by atoms with van der Waals surface area (Å²) in [5, 5.41) is 3.17. The minimum Gasteiger partial charge on any atom is -0.455 e. The highest BCUT2D eigenvalue weighted by molar-refractivity contribution is 6.31. The van der Waals surface area contributed by atoms with Crippen molar-refractivity contribution in [2.75, 3.05) is 23.4 Å². The Kier molecular flexibility index (Phi) is 5.99. The Bertz CT molecular complexity index is 928. The maximum Gasteiger partial charge on any atom is 0.311 e. The lowest BCUT2D eigenvalue weighted by Crippen LogP contribution is -2.28.